The van der Waals surface area contributed by atoms with E-state index in [9.17, 15) is 9.59 Å². The van der Waals surface area contributed by atoms with E-state index >= 15 is 0 Å². The van der Waals surface area contributed by atoms with E-state index in [1.165, 1.54) is 0 Å². The van der Waals surface area contributed by atoms with Crippen molar-refractivity contribution >= 4 is 11.8 Å². The summed E-state index contributed by atoms with van der Waals surface area (Å²) in [6.45, 7) is 5.35. The molecule has 0 bridgehead atoms. The molecular weight excluding hydrogens is 256 g/mol. The number of amides is 2. The largest absolute Gasteiger partial charge is 0.379 e. The SMILES string of the molecule is CC(C)C1C(=O)NC(C2CC2)C(=O)N1C1CCCOC1. The predicted molar refractivity (Wildman–Crippen MR) is 74.0 cm³/mol. The molecule has 3 rings (SSSR count). The van der Waals surface area contributed by atoms with E-state index in [0.717, 1.165) is 32.3 Å². The third kappa shape index (κ3) is 2.43. The molecule has 20 heavy (non-hydrogen) atoms. The Balaban J connectivity index is 1.85. The average Bonchev–Trinajstić information content (AvgIpc) is 3.25. The Morgan fingerprint density at radius 3 is 2.55 bits per heavy atom. The minimum absolute atomic E-state index is 0.0158. The second-order valence-corrected chi connectivity index (χ2v) is 6.63. The third-order valence-corrected chi connectivity index (χ3v) is 4.64. The van der Waals surface area contributed by atoms with Crippen LogP contribution in [0, 0.1) is 11.8 Å². The fraction of sp³-hybridized carbons (Fsp3) is 0.867. The maximum absolute atomic E-state index is 12.8. The molecule has 0 spiro atoms. The van der Waals surface area contributed by atoms with Gasteiger partial charge in [-0.25, -0.2) is 0 Å². The Morgan fingerprint density at radius 1 is 1.25 bits per heavy atom. The number of carbonyl (C=O) groups excluding carboxylic acids is 2. The molecule has 0 radical (unpaired) electrons. The molecule has 1 N–H and O–H groups in total. The van der Waals surface area contributed by atoms with Gasteiger partial charge < -0.3 is 15.0 Å². The van der Waals surface area contributed by atoms with Crippen LogP contribution in [0.1, 0.15) is 39.5 Å². The van der Waals surface area contributed by atoms with Crippen molar-refractivity contribution in [2.45, 2.75) is 57.7 Å². The molecule has 112 valence electrons. The minimum atomic E-state index is -0.343. The van der Waals surface area contributed by atoms with Crippen molar-refractivity contribution in [2.24, 2.45) is 11.8 Å². The Bertz CT molecular complexity index is 400. The molecule has 2 aliphatic heterocycles. The molecule has 3 fully saturated rings. The molecule has 3 aliphatic rings. The van der Waals surface area contributed by atoms with Crippen LogP contribution in [0.15, 0.2) is 0 Å². The number of hydrogen-bond donors (Lipinski definition) is 1. The minimum Gasteiger partial charge on any atom is -0.379 e. The lowest BCUT2D eigenvalue weighted by molar-refractivity contribution is -0.158. The Labute approximate surface area is 120 Å². The lowest BCUT2D eigenvalue weighted by atomic mass is 9.92. The summed E-state index contributed by atoms with van der Waals surface area (Å²) in [6.07, 6.45) is 4.02. The van der Waals surface area contributed by atoms with Crippen LogP contribution < -0.4 is 5.32 Å². The summed E-state index contributed by atoms with van der Waals surface area (Å²) >= 11 is 0. The molecule has 1 saturated carbocycles. The third-order valence-electron chi connectivity index (χ3n) is 4.64. The molecule has 1 aliphatic carbocycles. The smallest absolute Gasteiger partial charge is 0.246 e. The van der Waals surface area contributed by atoms with E-state index in [1.54, 1.807) is 0 Å². The number of nitrogens with zero attached hydrogens (tertiary/aromatic N) is 1. The molecule has 0 aromatic rings. The van der Waals surface area contributed by atoms with E-state index in [-0.39, 0.29) is 35.9 Å². The summed E-state index contributed by atoms with van der Waals surface area (Å²) in [5.74, 6) is 0.607. The second-order valence-electron chi connectivity index (χ2n) is 6.63. The first-order valence-corrected chi connectivity index (χ1v) is 7.80. The first-order chi connectivity index (χ1) is 9.59. The Morgan fingerprint density at radius 2 is 2.00 bits per heavy atom. The lowest BCUT2D eigenvalue weighted by Gasteiger charge is -2.46. The van der Waals surface area contributed by atoms with Crippen LogP contribution >= 0.6 is 0 Å². The van der Waals surface area contributed by atoms with Gasteiger partial charge in [0.1, 0.15) is 12.1 Å². The standard InChI is InChI=1S/C15H24N2O3/c1-9(2)13-14(18)16-12(10-5-6-10)15(19)17(13)11-4-3-7-20-8-11/h9-13H,3-8H2,1-2H3,(H,16,18). The van der Waals surface area contributed by atoms with Crippen molar-refractivity contribution < 1.29 is 14.3 Å². The van der Waals surface area contributed by atoms with Crippen molar-refractivity contribution in [2.75, 3.05) is 13.2 Å². The van der Waals surface area contributed by atoms with Crippen molar-refractivity contribution in [3.05, 3.63) is 0 Å². The van der Waals surface area contributed by atoms with Gasteiger partial charge in [-0.1, -0.05) is 13.8 Å². The maximum Gasteiger partial charge on any atom is 0.246 e. The summed E-state index contributed by atoms with van der Waals surface area (Å²) in [7, 11) is 0. The van der Waals surface area contributed by atoms with Gasteiger partial charge in [-0.15, -0.1) is 0 Å². The van der Waals surface area contributed by atoms with Crippen molar-refractivity contribution in [1.82, 2.24) is 10.2 Å². The first-order valence-electron chi connectivity index (χ1n) is 7.80. The highest BCUT2D eigenvalue weighted by Gasteiger charge is 2.49. The molecule has 2 amide bonds. The zero-order valence-corrected chi connectivity index (χ0v) is 12.3. The number of nitrogens with one attached hydrogen (secondary N) is 1. The van der Waals surface area contributed by atoms with Gasteiger partial charge in [-0.3, -0.25) is 9.59 Å². The van der Waals surface area contributed by atoms with E-state index < -0.39 is 0 Å². The maximum atomic E-state index is 12.8. The number of ether oxygens (including phenoxy) is 1. The average molecular weight is 280 g/mol. The van der Waals surface area contributed by atoms with E-state index in [4.69, 9.17) is 4.74 Å². The van der Waals surface area contributed by atoms with Crippen LogP contribution in [0.2, 0.25) is 0 Å². The lowest BCUT2D eigenvalue weighted by Crippen LogP contribution is -2.68. The fourth-order valence-electron chi connectivity index (χ4n) is 3.45. The molecule has 2 heterocycles. The first kappa shape index (κ1) is 13.9. The molecule has 5 nitrogen and oxygen atoms in total. The topological polar surface area (TPSA) is 58.6 Å². The summed E-state index contributed by atoms with van der Waals surface area (Å²) in [5.41, 5.74) is 0. The van der Waals surface area contributed by atoms with Crippen LogP contribution in [0.3, 0.4) is 0 Å². The molecule has 3 unspecified atom stereocenters. The highest BCUT2D eigenvalue weighted by molar-refractivity contribution is 5.97. The van der Waals surface area contributed by atoms with Gasteiger partial charge in [0.05, 0.1) is 12.6 Å². The summed E-state index contributed by atoms with van der Waals surface area (Å²) in [4.78, 5) is 27.1. The monoisotopic (exact) mass is 280 g/mol. The zero-order chi connectivity index (χ0) is 14.3. The van der Waals surface area contributed by atoms with Crippen molar-refractivity contribution in [3.8, 4) is 0 Å². The fourth-order valence-corrected chi connectivity index (χ4v) is 3.45. The van der Waals surface area contributed by atoms with Gasteiger partial charge in [0.2, 0.25) is 11.8 Å². The van der Waals surface area contributed by atoms with Crippen molar-refractivity contribution in [3.63, 3.8) is 0 Å². The van der Waals surface area contributed by atoms with Crippen LogP contribution in [-0.2, 0) is 14.3 Å². The van der Waals surface area contributed by atoms with Crippen LogP contribution in [0.5, 0.6) is 0 Å². The number of rotatable bonds is 3. The van der Waals surface area contributed by atoms with Crippen LogP contribution in [-0.4, -0.2) is 48.1 Å². The van der Waals surface area contributed by atoms with Gasteiger partial charge in [0.15, 0.2) is 0 Å². The van der Waals surface area contributed by atoms with Crippen LogP contribution in [0.4, 0.5) is 0 Å². The molecule has 2 saturated heterocycles. The number of hydrogen-bond acceptors (Lipinski definition) is 3. The van der Waals surface area contributed by atoms with Gasteiger partial charge in [0.25, 0.3) is 0 Å². The predicted octanol–water partition coefficient (Wildman–Crippen LogP) is 0.927. The van der Waals surface area contributed by atoms with Gasteiger partial charge in [-0.2, -0.15) is 0 Å². The summed E-state index contributed by atoms with van der Waals surface area (Å²) in [6, 6.07) is -0.570. The Hall–Kier alpha value is -1.10. The normalized spacial score (nSPS) is 35.4. The quantitative estimate of drug-likeness (QED) is 0.836. The highest BCUT2D eigenvalue weighted by atomic mass is 16.5. The van der Waals surface area contributed by atoms with Gasteiger partial charge in [-0.05, 0) is 37.5 Å². The van der Waals surface area contributed by atoms with E-state index in [1.807, 2.05) is 18.7 Å². The number of piperazine rings is 1. The number of carbonyl (C=O) groups is 2. The molecule has 0 aromatic carbocycles. The van der Waals surface area contributed by atoms with Crippen LogP contribution in [0.25, 0.3) is 0 Å². The van der Waals surface area contributed by atoms with Crippen molar-refractivity contribution in [1.29, 1.82) is 0 Å². The van der Waals surface area contributed by atoms with Gasteiger partial charge >= 0.3 is 0 Å². The van der Waals surface area contributed by atoms with E-state index in [2.05, 4.69) is 5.32 Å². The molecule has 0 aromatic heterocycles. The van der Waals surface area contributed by atoms with Gasteiger partial charge in [0, 0.05) is 6.61 Å². The second kappa shape index (κ2) is 5.35. The Kier molecular flexibility index (Phi) is 3.71. The zero-order valence-electron chi connectivity index (χ0n) is 12.3. The highest BCUT2D eigenvalue weighted by Crippen LogP contribution is 2.36. The molecular formula is C15H24N2O3. The van der Waals surface area contributed by atoms with E-state index in [0.29, 0.717) is 12.5 Å². The summed E-state index contributed by atoms with van der Waals surface area (Å²) < 4.78 is 5.53. The molecule has 3 atom stereocenters. The summed E-state index contributed by atoms with van der Waals surface area (Å²) in [5, 5.41) is 2.96. The molecule has 5 heteroatoms.